The molecule has 2 amide bonds. The minimum absolute atomic E-state index is 0.114. The summed E-state index contributed by atoms with van der Waals surface area (Å²) in [7, 11) is 2.84. The molecule has 0 heterocycles. The predicted octanol–water partition coefficient (Wildman–Crippen LogP) is 5.71. The van der Waals surface area contributed by atoms with Crippen LogP contribution in [0.4, 0.5) is 0 Å². The van der Waals surface area contributed by atoms with E-state index in [-0.39, 0.29) is 35.8 Å². The van der Waals surface area contributed by atoms with Crippen molar-refractivity contribution in [3.63, 3.8) is 0 Å². The van der Waals surface area contributed by atoms with Crippen LogP contribution < -0.4 is 10.6 Å². The third kappa shape index (κ3) is 27.3. The number of hydrogen-bond acceptors (Lipinski definition) is 7. The molecule has 2 unspecified atom stereocenters. The fourth-order valence-electron chi connectivity index (χ4n) is 4.34. The van der Waals surface area contributed by atoms with Gasteiger partial charge in [0.05, 0.1) is 39.5 Å². The van der Waals surface area contributed by atoms with Crippen LogP contribution in [0.3, 0.4) is 0 Å². The monoisotopic (exact) mass is 580 g/mol. The Morgan fingerprint density at radius 3 is 1.24 bits per heavy atom. The van der Waals surface area contributed by atoms with Gasteiger partial charge < -0.3 is 24.8 Å². The molecule has 0 aliphatic heterocycles. The van der Waals surface area contributed by atoms with Crippen LogP contribution in [0.15, 0.2) is 24.3 Å². The molecule has 0 aliphatic rings. The van der Waals surface area contributed by atoms with Gasteiger partial charge in [-0.3, -0.25) is 19.2 Å². The summed E-state index contributed by atoms with van der Waals surface area (Å²) >= 11 is 0. The number of unbranched alkanes of at least 4 members (excludes halogenated alkanes) is 12. The summed E-state index contributed by atoms with van der Waals surface area (Å²) in [5.41, 5.74) is 0. The van der Waals surface area contributed by atoms with Crippen molar-refractivity contribution in [2.45, 2.75) is 129 Å². The van der Waals surface area contributed by atoms with E-state index in [1.54, 1.807) is 0 Å². The Hall–Kier alpha value is -2.68. The first kappa shape index (κ1) is 38.3. The highest BCUT2D eigenvalue weighted by molar-refractivity contribution is 5.74. The van der Waals surface area contributed by atoms with Gasteiger partial charge in [-0.25, -0.2) is 0 Å². The quantitative estimate of drug-likeness (QED) is 0.0764. The first-order chi connectivity index (χ1) is 19.8. The second-order valence-electron chi connectivity index (χ2n) is 10.5. The van der Waals surface area contributed by atoms with Crippen molar-refractivity contribution in [2.75, 3.05) is 27.4 Å². The number of carbonyl (C=O) groups excluding carboxylic acids is 4. The lowest BCUT2D eigenvalue weighted by Gasteiger charge is -2.18. The largest absolute Gasteiger partial charge is 0.469 e. The number of rotatable bonds is 26. The number of methoxy groups -OCH3 is 2. The van der Waals surface area contributed by atoms with Gasteiger partial charge in [0.15, 0.2) is 0 Å². The maximum Gasteiger partial charge on any atom is 0.305 e. The Labute approximate surface area is 248 Å². The molecule has 0 aliphatic carbocycles. The van der Waals surface area contributed by atoms with E-state index in [1.807, 2.05) is 12.2 Å². The number of nitrogens with one attached hydrogen (secondary N) is 2. The van der Waals surface area contributed by atoms with Gasteiger partial charge in [0.25, 0.3) is 0 Å². The normalized spacial score (nSPS) is 12.8. The Bertz CT molecular complexity index is 705. The molecule has 0 spiro atoms. The molecule has 236 valence electrons. The Kier molecular flexibility index (Phi) is 25.7. The molecule has 0 aromatic heterocycles. The van der Waals surface area contributed by atoms with Gasteiger partial charge in [0, 0.05) is 26.7 Å². The van der Waals surface area contributed by atoms with Crippen molar-refractivity contribution in [3.05, 3.63) is 24.3 Å². The second-order valence-corrected chi connectivity index (χ2v) is 10.5. The van der Waals surface area contributed by atoms with Crippen LogP contribution in [0.25, 0.3) is 0 Å². The van der Waals surface area contributed by atoms with Crippen LogP contribution in [0.2, 0.25) is 0 Å². The van der Waals surface area contributed by atoms with Crippen LogP contribution in [0, 0.1) is 0 Å². The van der Waals surface area contributed by atoms with E-state index in [9.17, 15) is 19.2 Å². The summed E-state index contributed by atoms with van der Waals surface area (Å²) in [5, 5.41) is 5.82. The maximum atomic E-state index is 11.6. The summed E-state index contributed by atoms with van der Waals surface area (Å²) in [6.07, 6.45) is 23.8. The lowest BCUT2D eigenvalue weighted by molar-refractivity contribution is -0.141. The fraction of sp³-hybridized carbons (Fsp3) is 0.750. The summed E-state index contributed by atoms with van der Waals surface area (Å²) < 4.78 is 15.2. The zero-order chi connectivity index (χ0) is 30.6. The average molecular weight is 581 g/mol. The predicted molar refractivity (Wildman–Crippen MR) is 162 cm³/mol. The Balaban J connectivity index is 4.23. The van der Waals surface area contributed by atoms with Gasteiger partial charge in [-0.2, -0.15) is 0 Å². The lowest BCUT2D eigenvalue weighted by atomic mass is 10.1. The number of carbonyl (C=O) groups is 4. The average Bonchev–Trinajstić information content (AvgIpc) is 2.93. The molecule has 9 heteroatoms. The van der Waals surface area contributed by atoms with Gasteiger partial charge in [0.2, 0.25) is 11.8 Å². The van der Waals surface area contributed by atoms with Crippen molar-refractivity contribution < 1.29 is 33.4 Å². The third-order valence-electron chi connectivity index (χ3n) is 6.57. The first-order valence-electron chi connectivity index (χ1n) is 15.4. The van der Waals surface area contributed by atoms with Crippen LogP contribution >= 0.6 is 0 Å². The molecule has 0 bridgehead atoms. The fourth-order valence-corrected chi connectivity index (χ4v) is 4.34. The molecule has 0 radical (unpaired) electrons. The number of ether oxygens (including phenoxy) is 3. The van der Waals surface area contributed by atoms with Crippen LogP contribution in [0.5, 0.6) is 0 Å². The highest BCUT2D eigenvalue weighted by Crippen LogP contribution is 2.11. The van der Waals surface area contributed by atoms with E-state index < -0.39 is 0 Å². The lowest BCUT2D eigenvalue weighted by Crippen LogP contribution is -2.39. The zero-order valence-corrected chi connectivity index (χ0v) is 26.0. The van der Waals surface area contributed by atoms with Gasteiger partial charge >= 0.3 is 11.9 Å². The highest BCUT2D eigenvalue weighted by atomic mass is 16.5. The molecule has 0 aromatic carbocycles. The minimum Gasteiger partial charge on any atom is -0.469 e. The molecule has 0 saturated carbocycles. The summed E-state index contributed by atoms with van der Waals surface area (Å²) in [4.78, 5) is 45.5. The van der Waals surface area contributed by atoms with Crippen molar-refractivity contribution in [2.24, 2.45) is 0 Å². The van der Waals surface area contributed by atoms with E-state index in [1.165, 1.54) is 28.1 Å². The van der Waals surface area contributed by atoms with Gasteiger partial charge in [-0.15, -0.1) is 0 Å². The molecular formula is C32H56N2O7. The summed E-state index contributed by atoms with van der Waals surface area (Å²) in [6.45, 7) is 3.64. The number of allylic oxidation sites excluding steroid dienone is 2. The Morgan fingerprint density at radius 1 is 0.561 bits per heavy atom. The van der Waals surface area contributed by atoms with E-state index in [0.717, 1.165) is 89.9 Å². The van der Waals surface area contributed by atoms with Gasteiger partial charge in [-0.1, -0.05) is 75.7 Å². The zero-order valence-electron chi connectivity index (χ0n) is 26.0. The topological polar surface area (TPSA) is 120 Å². The SMILES string of the molecule is COC(=O)CCCCCCCC/C=C/C(COCC(/C=C/CCCCCCCCC(=O)OC)NC(C)=O)NC(C)=O. The van der Waals surface area contributed by atoms with Crippen molar-refractivity contribution in [3.8, 4) is 0 Å². The van der Waals surface area contributed by atoms with Gasteiger partial charge in [0.1, 0.15) is 0 Å². The number of esters is 2. The van der Waals surface area contributed by atoms with E-state index in [2.05, 4.69) is 32.3 Å². The molecule has 0 aromatic rings. The molecule has 0 saturated heterocycles. The summed E-state index contributed by atoms with van der Waals surface area (Å²) in [6, 6.07) is -0.444. The molecule has 2 N–H and O–H groups in total. The standard InChI is InChI=1S/C32H56N2O7/c1-27(35)33-29(21-17-13-9-5-7-11-15-19-23-31(37)39-3)25-41-26-30(34-28(2)36)22-18-14-10-6-8-12-16-20-24-32(38)40-4/h17-18,21-22,29-30H,5-16,19-20,23-26H2,1-4H3,(H,33,35)(H,34,36)/b21-17+,22-18+. The van der Waals surface area contributed by atoms with Crippen molar-refractivity contribution in [1.82, 2.24) is 10.6 Å². The maximum absolute atomic E-state index is 11.6. The highest BCUT2D eigenvalue weighted by Gasteiger charge is 2.10. The number of hydrogen-bond donors (Lipinski definition) is 2. The molecule has 41 heavy (non-hydrogen) atoms. The molecule has 9 nitrogen and oxygen atoms in total. The Morgan fingerprint density at radius 2 is 0.902 bits per heavy atom. The molecular weight excluding hydrogens is 524 g/mol. The van der Waals surface area contributed by atoms with Crippen molar-refractivity contribution in [1.29, 1.82) is 0 Å². The van der Waals surface area contributed by atoms with Crippen LogP contribution in [-0.2, 0) is 33.4 Å². The third-order valence-corrected chi connectivity index (χ3v) is 6.57. The van der Waals surface area contributed by atoms with Crippen LogP contribution in [0.1, 0.15) is 117 Å². The minimum atomic E-state index is -0.222. The van der Waals surface area contributed by atoms with Crippen molar-refractivity contribution >= 4 is 23.8 Å². The molecule has 0 fully saturated rings. The van der Waals surface area contributed by atoms with Crippen LogP contribution in [-0.4, -0.2) is 63.3 Å². The molecule has 0 rings (SSSR count). The van der Waals surface area contributed by atoms with Gasteiger partial charge in [-0.05, 0) is 38.5 Å². The number of amides is 2. The smallest absolute Gasteiger partial charge is 0.305 e. The first-order valence-corrected chi connectivity index (χ1v) is 15.4. The van der Waals surface area contributed by atoms with E-state index in [0.29, 0.717) is 26.1 Å². The summed E-state index contributed by atoms with van der Waals surface area (Å²) in [5.74, 6) is -0.508. The van der Waals surface area contributed by atoms with E-state index in [4.69, 9.17) is 4.74 Å². The second kappa shape index (κ2) is 27.5. The van der Waals surface area contributed by atoms with E-state index >= 15 is 0 Å². The molecule has 2 atom stereocenters.